The maximum Gasteiger partial charge on any atom is 0.165 e. The van der Waals surface area contributed by atoms with Crippen LogP contribution in [0.1, 0.15) is 19.8 Å². The molecule has 3 nitrogen and oxygen atoms in total. The summed E-state index contributed by atoms with van der Waals surface area (Å²) in [5.41, 5.74) is 0. The van der Waals surface area contributed by atoms with Gasteiger partial charge in [-0.15, -0.1) is 0 Å². The second kappa shape index (κ2) is 3.32. The molecule has 1 aliphatic heterocycles. The summed E-state index contributed by atoms with van der Waals surface area (Å²) in [6.45, 7) is 3.49. The first-order valence-corrected chi connectivity index (χ1v) is 3.66. The van der Waals surface area contributed by atoms with Gasteiger partial charge in [-0.25, -0.2) is 0 Å². The van der Waals surface area contributed by atoms with Gasteiger partial charge in [0.05, 0.1) is 13.2 Å². The van der Waals surface area contributed by atoms with Gasteiger partial charge in [0.1, 0.15) is 0 Å². The van der Waals surface area contributed by atoms with Crippen LogP contribution in [0.4, 0.5) is 0 Å². The molecule has 3 heteroatoms. The molecule has 1 rings (SSSR count). The minimum absolute atomic E-state index is 0.211. The van der Waals surface area contributed by atoms with E-state index in [1.807, 2.05) is 6.92 Å². The molecule has 1 heterocycles. The topological polar surface area (TPSA) is 38.7 Å². The molecule has 0 bridgehead atoms. The molecule has 0 unspecified atom stereocenters. The van der Waals surface area contributed by atoms with Crippen LogP contribution in [0.5, 0.6) is 0 Å². The summed E-state index contributed by atoms with van der Waals surface area (Å²) in [6.07, 6.45) is 1.53. The van der Waals surface area contributed by atoms with E-state index >= 15 is 0 Å². The van der Waals surface area contributed by atoms with Crippen molar-refractivity contribution in [1.29, 1.82) is 0 Å². The van der Waals surface area contributed by atoms with Crippen molar-refractivity contribution in [1.82, 2.24) is 0 Å². The van der Waals surface area contributed by atoms with Gasteiger partial charge in [-0.05, 0) is 13.3 Å². The predicted molar refractivity (Wildman–Crippen MR) is 36.6 cm³/mol. The van der Waals surface area contributed by atoms with E-state index < -0.39 is 5.79 Å². The van der Waals surface area contributed by atoms with Crippen LogP contribution in [-0.2, 0) is 9.47 Å². The lowest BCUT2D eigenvalue weighted by Gasteiger charge is -2.21. The average Bonchev–Trinajstić information content (AvgIpc) is 2.33. The Bertz CT molecular complexity index is 97.0. The van der Waals surface area contributed by atoms with Crippen molar-refractivity contribution < 1.29 is 14.6 Å². The van der Waals surface area contributed by atoms with E-state index in [1.54, 1.807) is 0 Å². The van der Waals surface area contributed by atoms with E-state index in [1.165, 1.54) is 0 Å². The van der Waals surface area contributed by atoms with Crippen LogP contribution in [0, 0.1) is 0 Å². The SMILES string of the molecule is [13CH3][13C]1([13CH2][13CH2][13CH2]O)OCCO1. The normalized spacial score (nSPS) is 23.4. The van der Waals surface area contributed by atoms with Gasteiger partial charge in [0.25, 0.3) is 0 Å². The molecule has 1 fully saturated rings. The van der Waals surface area contributed by atoms with Gasteiger partial charge in [-0.3, -0.25) is 0 Å². The fourth-order valence-electron chi connectivity index (χ4n) is 1.10. The minimum Gasteiger partial charge on any atom is -0.396 e. The Kier molecular flexibility index (Phi) is 2.65. The summed E-state index contributed by atoms with van der Waals surface area (Å²) < 4.78 is 10.6. The van der Waals surface area contributed by atoms with Crippen LogP contribution in [0.15, 0.2) is 0 Å². The van der Waals surface area contributed by atoms with E-state index in [9.17, 15) is 0 Å². The average molecular weight is 151 g/mol. The third-order valence-corrected chi connectivity index (χ3v) is 1.69. The maximum absolute atomic E-state index is 8.53. The first-order valence-electron chi connectivity index (χ1n) is 3.66. The summed E-state index contributed by atoms with van der Waals surface area (Å²) in [4.78, 5) is 0. The maximum atomic E-state index is 8.53. The van der Waals surface area contributed by atoms with Gasteiger partial charge in [0, 0.05) is 13.0 Å². The van der Waals surface area contributed by atoms with Crippen molar-refractivity contribution in [2.75, 3.05) is 19.8 Å². The number of rotatable bonds is 3. The van der Waals surface area contributed by atoms with Gasteiger partial charge in [-0.2, -0.15) is 0 Å². The van der Waals surface area contributed by atoms with E-state index in [0.29, 0.717) is 13.2 Å². The highest BCUT2D eigenvalue weighted by Crippen LogP contribution is 2.23. The monoisotopic (exact) mass is 151 g/mol. The zero-order valence-corrected chi connectivity index (χ0v) is 6.30. The fraction of sp³-hybridized carbons (Fsp3) is 1.00. The van der Waals surface area contributed by atoms with Crippen LogP contribution >= 0.6 is 0 Å². The number of ether oxygens (including phenoxy) is 2. The van der Waals surface area contributed by atoms with E-state index in [2.05, 4.69) is 0 Å². The van der Waals surface area contributed by atoms with Crippen LogP contribution in [0.25, 0.3) is 0 Å². The van der Waals surface area contributed by atoms with Crippen molar-refractivity contribution in [3.05, 3.63) is 0 Å². The molecule has 0 aromatic rings. The highest BCUT2D eigenvalue weighted by atomic mass is 16.9. The van der Waals surface area contributed by atoms with Crippen molar-refractivity contribution in [2.45, 2.75) is 25.6 Å². The Balaban J connectivity index is 2.22. The number of hydrogen-bond acceptors (Lipinski definition) is 3. The van der Waals surface area contributed by atoms with Crippen molar-refractivity contribution in [3.8, 4) is 0 Å². The minimum atomic E-state index is -0.414. The molecule has 0 atom stereocenters. The van der Waals surface area contributed by atoms with E-state index in [-0.39, 0.29) is 6.61 Å². The Morgan fingerprint density at radius 3 is 2.50 bits per heavy atom. The third-order valence-electron chi connectivity index (χ3n) is 1.69. The Morgan fingerprint density at radius 2 is 2.00 bits per heavy atom. The zero-order chi connectivity index (χ0) is 7.45. The van der Waals surface area contributed by atoms with E-state index in [0.717, 1.165) is 12.8 Å². The molecule has 1 saturated heterocycles. The smallest absolute Gasteiger partial charge is 0.165 e. The molecule has 0 aromatic carbocycles. The lowest BCUT2D eigenvalue weighted by molar-refractivity contribution is -0.148. The molecule has 1 aliphatic rings. The molecular formula is C7H14O3. The Labute approximate surface area is 60.9 Å². The van der Waals surface area contributed by atoms with E-state index in [4.69, 9.17) is 14.6 Å². The molecule has 1 N–H and O–H groups in total. The molecule has 0 spiro atoms. The van der Waals surface area contributed by atoms with Gasteiger partial charge in [-0.1, -0.05) is 0 Å². The summed E-state index contributed by atoms with van der Waals surface area (Å²) in [6, 6.07) is 0. The number of aliphatic hydroxyl groups excluding tert-OH is 1. The highest BCUT2D eigenvalue weighted by Gasteiger charge is 2.29. The van der Waals surface area contributed by atoms with Crippen LogP contribution in [0.2, 0.25) is 0 Å². The Hall–Kier alpha value is -0.120. The number of aliphatic hydroxyl groups is 1. The molecular weight excluding hydrogens is 137 g/mol. The van der Waals surface area contributed by atoms with Crippen LogP contribution in [0.3, 0.4) is 0 Å². The second-order valence-corrected chi connectivity index (χ2v) is 2.66. The summed E-state index contributed by atoms with van der Waals surface area (Å²) in [5, 5.41) is 8.53. The highest BCUT2D eigenvalue weighted by molar-refractivity contribution is 4.67. The lowest BCUT2D eigenvalue weighted by atomic mass is 10.8. The molecule has 10 heavy (non-hydrogen) atoms. The van der Waals surface area contributed by atoms with Crippen LogP contribution in [-0.4, -0.2) is 30.7 Å². The van der Waals surface area contributed by atoms with Crippen molar-refractivity contribution in [3.63, 3.8) is 0 Å². The lowest BCUT2D eigenvalue weighted by Crippen LogP contribution is -2.25. The molecule has 0 radical (unpaired) electrons. The summed E-state index contributed by atoms with van der Waals surface area (Å²) >= 11 is 0. The van der Waals surface area contributed by atoms with Gasteiger partial charge in [0.15, 0.2) is 5.79 Å². The molecule has 60 valence electrons. The van der Waals surface area contributed by atoms with Gasteiger partial charge < -0.3 is 14.6 Å². The first kappa shape index (κ1) is 7.98. The quantitative estimate of drug-likeness (QED) is 0.598. The van der Waals surface area contributed by atoms with Crippen molar-refractivity contribution >= 4 is 0 Å². The Morgan fingerprint density at radius 1 is 1.40 bits per heavy atom. The largest absolute Gasteiger partial charge is 0.396 e. The molecule has 0 amide bonds. The summed E-state index contributed by atoms with van der Waals surface area (Å²) in [5.74, 6) is -0.414. The van der Waals surface area contributed by atoms with Gasteiger partial charge in [0.2, 0.25) is 0 Å². The second-order valence-electron chi connectivity index (χ2n) is 2.66. The third kappa shape index (κ3) is 1.94. The summed E-state index contributed by atoms with van der Waals surface area (Å²) in [7, 11) is 0. The van der Waals surface area contributed by atoms with Crippen LogP contribution < -0.4 is 0 Å². The predicted octanol–water partition coefficient (Wildman–Crippen LogP) is 0.522. The zero-order valence-electron chi connectivity index (χ0n) is 6.30. The van der Waals surface area contributed by atoms with Gasteiger partial charge >= 0.3 is 0 Å². The first-order chi connectivity index (χ1) is 4.77. The molecule has 0 aromatic heterocycles. The molecule has 0 aliphatic carbocycles. The van der Waals surface area contributed by atoms with Crippen molar-refractivity contribution in [2.24, 2.45) is 0 Å². The standard InChI is InChI=1S/C7H14O3/c1-7(3-2-4-8)9-5-6-10-7/h8H,2-6H2,1H3/i1+1,2+1,3+1,4+1,7+1. The fourth-order valence-corrected chi connectivity index (χ4v) is 1.10. The number of hydrogen-bond donors (Lipinski definition) is 1. The molecule has 0 saturated carbocycles.